The number of rotatable bonds is 3. The normalized spacial score (nSPS) is 9.54. The zero-order chi connectivity index (χ0) is 9.68. The van der Waals surface area contributed by atoms with Gasteiger partial charge in [-0.15, -0.1) is 0 Å². The van der Waals surface area contributed by atoms with Crippen molar-refractivity contribution < 1.29 is 5.11 Å². The number of hydrogen-bond donors (Lipinski definition) is 1. The molecule has 1 aromatic rings. The van der Waals surface area contributed by atoms with E-state index < -0.39 is 0 Å². The van der Waals surface area contributed by atoms with E-state index >= 15 is 0 Å². The number of phenolic OH excluding ortho intramolecular Hbond substituents is 1. The van der Waals surface area contributed by atoms with E-state index in [4.69, 9.17) is 5.26 Å². The molecule has 0 saturated heterocycles. The largest absolute Gasteiger partial charge is 0.508 e. The first-order chi connectivity index (χ1) is 6.29. The van der Waals surface area contributed by atoms with Gasteiger partial charge in [-0.25, -0.2) is 0 Å². The lowest BCUT2D eigenvalue weighted by Crippen LogP contribution is -1.91. The van der Waals surface area contributed by atoms with Gasteiger partial charge in [0.05, 0.1) is 11.6 Å². The van der Waals surface area contributed by atoms with Gasteiger partial charge < -0.3 is 5.11 Å². The second-order valence-corrected chi connectivity index (χ2v) is 3.50. The monoisotopic (exact) mass is 239 g/mol. The first-order valence-corrected chi connectivity index (χ1v) is 5.18. The number of halogens is 1. The summed E-state index contributed by atoms with van der Waals surface area (Å²) in [5, 5.41) is 19.1. The zero-order valence-electron chi connectivity index (χ0n) is 7.13. The minimum atomic E-state index is 0.222. The van der Waals surface area contributed by atoms with Crippen molar-refractivity contribution in [2.75, 3.05) is 5.33 Å². The summed E-state index contributed by atoms with van der Waals surface area (Å²) in [6, 6.07) is 7.10. The van der Waals surface area contributed by atoms with Gasteiger partial charge in [0.1, 0.15) is 5.75 Å². The van der Waals surface area contributed by atoms with Crippen LogP contribution in [-0.2, 0) is 6.42 Å². The molecule has 0 radical (unpaired) electrons. The highest BCUT2D eigenvalue weighted by Crippen LogP contribution is 2.22. The summed E-state index contributed by atoms with van der Waals surface area (Å²) in [5.41, 5.74) is 1.32. The van der Waals surface area contributed by atoms with Crippen molar-refractivity contribution in [3.8, 4) is 11.8 Å². The second kappa shape index (κ2) is 4.88. The Morgan fingerprint density at radius 2 is 2.23 bits per heavy atom. The highest BCUT2D eigenvalue weighted by Gasteiger charge is 2.05. The molecule has 1 rings (SSSR count). The van der Waals surface area contributed by atoms with E-state index in [2.05, 4.69) is 22.0 Å². The van der Waals surface area contributed by atoms with Crippen LogP contribution in [0.5, 0.6) is 5.75 Å². The minimum absolute atomic E-state index is 0.222. The van der Waals surface area contributed by atoms with Crippen LogP contribution in [0.3, 0.4) is 0 Å². The predicted octanol–water partition coefficient (Wildman–Crippen LogP) is 2.59. The molecule has 13 heavy (non-hydrogen) atoms. The maximum atomic E-state index is 9.48. The molecule has 68 valence electrons. The molecule has 1 N–H and O–H groups in total. The summed E-state index contributed by atoms with van der Waals surface area (Å²) in [6.45, 7) is 0. The van der Waals surface area contributed by atoms with Crippen molar-refractivity contribution in [3.63, 3.8) is 0 Å². The summed E-state index contributed by atoms with van der Waals surface area (Å²) in [5.74, 6) is 0.222. The SMILES string of the molecule is N#Cc1cccc(O)c1CCCBr. The number of aromatic hydroxyl groups is 1. The van der Waals surface area contributed by atoms with Gasteiger partial charge in [-0.05, 0) is 25.0 Å². The van der Waals surface area contributed by atoms with Gasteiger partial charge in [0.25, 0.3) is 0 Å². The van der Waals surface area contributed by atoms with Gasteiger partial charge in [0.2, 0.25) is 0 Å². The topological polar surface area (TPSA) is 44.0 Å². The van der Waals surface area contributed by atoms with Gasteiger partial charge in [-0.1, -0.05) is 22.0 Å². The number of nitrogens with zero attached hydrogens (tertiary/aromatic N) is 1. The number of phenols is 1. The molecule has 0 unspecified atom stereocenters. The number of nitriles is 1. The Morgan fingerprint density at radius 3 is 2.85 bits per heavy atom. The Bertz CT molecular complexity index is 330. The maximum Gasteiger partial charge on any atom is 0.120 e. The molecule has 0 atom stereocenters. The fourth-order valence-electron chi connectivity index (χ4n) is 1.19. The van der Waals surface area contributed by atoms with Gasteiger partial charge in [-0.2, -0.15) is 5.26 Å². The third-order valence-electron chi connectivity index (χ3n) is 1.83. The van der Waals surface area contributed by atoms with Gasteiger partial charge in [0.15, 0.2) is 0 Å². The van der Waals surface area contributed by atoms with Crippen LogP contribution >= 0.6 is 15.9 Å². The van der Waals surface area contributed by atoms with Crippen LogP contribution in [0.4, 0.5) is 0 Å². The summed E-state index contributed by atoms with van der Waals surface area (Å²) < 4.78 is 0. The lowest BCUT2D eigenvalue weighted by atomic mass is 10.0. The molecule has 0 heterocycles. The highest BCUT2D eigenvalue weighted by atomic mass is 79.9. The lowest BCUT2D eigenvalue weighted by Gasteiger charge is -2.04. The smallest absolute Gasteiger partial charge is 0.120 e. The van der Waals surface area contributed by atoms with E-state index in [9.17, 15) is 5.11 Å². The first-order valence-electron chi connectivity index (χ1n) is 4.06. The average Bonchev–Trinajstić information content (AvgIpc) is 2.15. The van der Waals surface area contributed by atoms with E-state index in [1.165, 1.54) is 0 Å². The molecular formula is C10H10BrNO. The van der Waals surface area contributed by atoms with Crippen LogP contribution in [0.15, 0.2) is 18.2 Å². The highest BCUT2D eigenvalue weighted by molar-refractivity contribution is 9.09. The van der Waals surface area contributed by atoms with Crippen LogP contribution in [0.1, 0.15) is 17.5 Å². The van der Waals surface area contributed by atoms with Crippen molar-refractivity contribution in [2.45, 2.75) is 12.8 Å². The molecule has 0 aliphatic heterocycles. The molecule has 0 spiro atoms. The number of benzene rings is 1. The second-order valence-electron chi connectivity index (χ2n) is 2.71. The zero-order valence-corrected chi connectivity index (χ0v) is 8.71. The Hall–Kier alpha value is -1.01. The molecule has 2 nitrogen and oxygen atoms in total. The van der Waals surface area contributed by atoms with Crippen molar-refractivity contribution in [1.29, 1.82) is 5.26 Å². The summed E-state index contributed by atoms with van der Waals surface area (Å²) in [7, 11) is 0. The molecule has 0 saturated carbocycles. The fraction of sp³-hybridized carbons (Fsp3) is 0.300. The average molecular weight is 240 g/mol. The quantitative estimate of drug-likeness (QED) is 0.825. The van der Waals surface area contributed by atoms with Gasteiger partial charge >= 0.3 is 0 Å². The third-order valence-corrected chi connectivity index (χ3v) is 2.39. The van der Waals surface area contributed by atoms with Gasteiger partial charge in [-0.3, -0.25) is 0 Å². The van der Waals surface area contributed by atoms with Crippen LogP contribution in [-0.4, -0.2) is 10.4 Å². The van der Waals surface area contributed by atoms with Crippen LogP contribution in [0.2, 0.25) is 0 Å². The third kappa shape index (κ3) is 2.46. The minimum Gasteiger partial charge on any atom is -0.508 e. The molecule has 0 fully saturated rings. The summed E-state index contributed by atoms with van der Waals surface area (Å²) in [4.78, 5) is 0. The lowest BCUT2D eigenvalue weighted by molar-refractivity contribution is 0.467. The molecule has 3 heteroatoms. The van der Waals surface area contributed by atoms with E-state index in [1.54, 1.807) is 18.2 Å². The summed E-state index contributed by atoms with van der Waals surface area (Å²) in [6.07, 6.45) is 1.66. The Kier molecular flexibility index (Phi) is 3.78. The molecule has 1 aromatic carbocycles. The predicted molar refractivity (Wildman–Crippen MR) is 54.9 cm³/mol. The maximum absolute atomic E-state index is 9.48. The Labute approximate surface area is 85.9 Å². The fourth-order valence-corrected chi connectivity index (χ4v) is 1.47. The Morgan fingerprint density at radius 1 is 1.46 bits per heavy atom. The molecule has 0 aromatic heterocycles. The number of hydrogen-bond acceptors (Lipinski definition) is 2. The molecular weight excluding hydrogens is 230 g/mol. The van der Waals surface area contributed by atoms with E-state index in [1.807, 2.05) is 0 Å². The van der Waals surface area contributed by atoms with E-state index in [0.717, 1.165) is 23.7 Å². The van der Waals surface area contributed by atoms with Crippen molar-refractivity contribution in [2.24, 2.45) is 0 Å². The van der Waals surface area contributed by atoms with Crippen LogP contribution < -0.4 is 0 Å². The Balaban J connectivity index is 2.95. The van der Waals surface area contributed by atoms with Gasteiger partial charge in [0, 0.05) is 10.9 Å². The summed E-state index contributed by atoms with van der Waals surface area (Å²) >= 11 is 3.31. The molecule has 0 aliphatic rings. The standard InChI is InChI=1S/C10H10BrNO/c11-6-2-4-9-8(7-12)3-1-5-10(9)13/h1,3,5,13H,2,4,6H2. The van der Waals surface area contributed by atoms with Crippen molar-refractivity contribution in [1.82, 2.24) is 0 Å². The van der Waals surface area contributed by atoms with E-state index in [0.29, 0.717) is 5.56 Å². The van der Waals surface area contributed by atoms with E-state index in [-0.39, 0.29) is 5.75 Å². The molecule has 0 bridgehead atoms. The van der Waals surface area contributed by atoms with Crippen molar-refractivity contribution >= 4 is 15.9 Å². The first kappa shape index (κ1) is 10.1. The van der Waals surface area contributed by atoms with Crippen LogP contribution in [0, 0.1) is 11.3 Å². The van der Waals surface area contributed by atoms with Crippen molar-refractivity contribution in [3.05, 3.63) is 29.3 Å². The molecule has 0 aliphatic carbocycles. The number of alkyl halides is 1. The molecule has 0 amide bonds. The van der Waals surface area contributed by atoms with Crippen LogP contribution in [0.25, 0.3) is 0 Å².